The van der Waals surface area contributed by atoms with Gasteiger partial charge in [0.1, 0.15) is 22.2 Å². The van der Waals surface area contributed by atoms with Gasteiger partial charge in [0.25, 0.3) is 6.43 Å². The lowest BCUT2D eigenvalue weighted by Crippen LogP contribution is -2.14. The van der Waals surface area contributed by atoms with Gasteiger partial charge in [-0.3, -0.25) is 0 Å². The Labute approximate surface area is 172 Å². The van der Waals surface area contributed by atoms with Crippen molar-refractivity contribution in [3.05, 3.63) is 56.7 Å². The van der Waals surface area contributed by atoms with Crippen molar-refractivity contribution in [3.8, 4) is 22.4 Å². The highest BCUT2D eigenvalue weighted by molar-refractivity contribution is 9.13. The van der Waals surface area contributed by atoms with Gasteiger partial charge in [-0.15, -0.1) is 0 Å². The Morgan fingerprint density at radius 1 is 1.04 bits per heavy atom. The molecule has 0 aliphatic heterocycles. The summed E-state index contributed by atoms with van der Waals surface area (Å²) in [5.41, 5.74) is -1.04. The van der Waals surface area contributed by atoms with Crippen molar-refractivity contribution in [1.82, 2.24) is 5.16 Å². The van der Waals surface area contributed by atoms with Gasteiger partial charge >= 0.3 is 0 Å². The number of benzene rings is 2. The van der Waals surface area contributed by atoms with E-state index in [0.717, 1.165) is 0 Å². The van der Waals surface area contributed by atoms with Crippen LogP contribution in [0.1, 0.15) is 12.2 Å². The molecule has 0 atom stereocenters. The second-order valence-corrected chi connectivity index (χ2v) is 8.75. The minimum absolute atomic E-state index is 0.176. The van der Waals surface area contributed by atoms with E-state index in [-0.39, 0.29) is 11.3 Å². The van der Waals surface area contributed by atoms with E-state index in [1.807, 2.05) is 0 Å². The fourth-order valence-corrected chi connectivity index (χ4v) is 3.71. The number of hydrogen-bond donors (Lipinski definition) is 1. The van der Waals surface area contributed by atoms with Crippen molar-refractivity contribution in [1.29, 1.82) is 0 Å². The first kappa shape index (κ1) is 21.0. The van der Waals surface area contributed by atoms with E-state index in [0.29, 0.717) is 21.1 Å². The molecule has 0 bridgehead atoms. The molecule has 3 aromatic rings. The van der Waals surface area contributed by atoms with Gasteiger partial charge in [0.05, 0.1) is 5.56 Å². The van der Waals surface area contributed by atoms with E-state index < -0.39 is 49.9 Å². The Morgan fingerprint density at radius 3 is 2.29 bits per heavy atom. The molecule has 0 amide bonds. The third-order valence-electron chi connectivity index (χ3n) is 3.71. The Kier molecular flexibility index (Phi) is 5.67. The average molecular weight is 544 g/mol. The Bertz CT molecular complexity index is 1180. The van der Waals surface area contributed by atoms with Crippen LogP contribution in [0, 0.1) is 11.6 Å². The minimum atomic E-state index is -4.55. The first-order valence-electron chi connectivity index (χ1n) is 7.26. The number of halogens is 6. The molecular weight excluding hydrogens is 536 g/mol. The first-order valence-corrected chi connectivity index (χ1v) is 10.4. The molecule has 28 heavy (non-hydrogen) atoms. The molecule has 0 aliphatic rings. The molecule has 0 fully saturated rings. The zero-order valence-electron chi connectivity index (χ0n) is 13.4. The molecule has 0 aliphatic carbocycles. The summed E-state index contributed by atoms with van der Waals surface area (Å²) in [6.07, 6.45) is -3.18. The third kappa shape index (κ3) is 3.86. The molecule has 1 heterocycles. The number of aromatic nitrogens is 1. The van der Waals surface area contributed by atoms with Gasteiger partial charge in [0, 0.05) is 20.1 Å². The van der Waals surface area contributed by atoms with E-state index in [1.165, 1.54) is 12.1 Å². The van der Waals surface area contributed by atoms with Gasteiger partial charge in [0.2, 0.25) is 15.8 Å². The van der Waals surface area contributed by atoms with Gasteiger partial charge in [-0.1, -0.05) is 11.2 Å². The number of hydrogen-bond acceptors (Lipinski definition) is 4. The monoisotopic (exact) mass is 542 g/mol. The summed E-state index contributed by atoms with van der Waals surface area (Å²) < 4.78 is 84.2. The number of nitrogens with zero attached hydrogens (tertiary/aromatic N) is 1. The van der Waals surface area contributed by atoms with Crippen LogP contribution in [-0.4, -0.2) is 13.6 Å². The predicted octanol–water partition coefficient (Wildman–Crippen LogP) is 5.40. The lowest BCUT2D eigenvalue weighted by Gasteiger charge is -2.09. The van der Waals surface area contributed by atoms with Crippen LogP contribution in [0.3, 0.4) is 0 Å². The van der Waals surface area contributed by atoms with Crippen LogP contribution in [-0.2, 0) is 10.0 Å². The van der Waals surface area contributed by atoms with E-state index in [1.54, 1.807) is 6.07 Å². The molecule has 0 radical (unpaired) electrons. The molecule has 1 aromatic heterocycles. The number of nitrogens with two attached hydrogens (primary N) is 1. The quantitative estimate of drug-likeness (QED) is 0.447. The molecule has 0 saturated heterocycles. The highest BCUT2D eigenvalue weighted by atomic mass is 79.9. The van der Waals surface area contributed by atoms with Gasteiger partial charge < -0.3 is 4.52 Å². The SMILES string of the molecule is NS(=O)(=O)c1cc(F)c(-c2c(-c3ccc(Br)c(Br)c3)noc2C(F)F)cc1F. The highest BCUT2D eigenvalue weighted by Gasteiger charge is 2.29. The van der Waals surface area contributed by atoms with Crippen LogP contribution < -0.4 is 5.14 Å². The number of rotatable bonds is 4. The zero-order chi connectivity index (χ0) is 20.8. The van der Waals surface area contributed by atoms with E-state index in [9.17, 15) is 26.0 Å². The molecule has 3 rings (SSSR count). The van der Waals surface area contributed by atoms with Gasteiger partial charge in [0.15, 0.2) is 0 Å². The molecule has 2 aromatic carbocycles. The number of primary sulfonamides is 1. The third-order valence-corrected chi connectivity index (χ3v) is 6.51. The summed E-state index contributed by atoms with van der Waals surface area (Å²) in [5.74, 6) is -3.67. The molecule has 12 heteroatoms. The van der Waals surface area contributed by atoms with E-state index >= 15 is 0 Å². The molecule has 148 valence electrons. The average Bonchev–Trinajstić information content (AvgIpc) is 3.03. The van der Waals surface area contributed by atoms with Crippen molar-refractivity contribution in [3.63, 3.8) is 0 Å². The summed E-state index contributed by atoms with van der Waals surface area (Å²) in [4.78, 5) is -1.10. The van der Waals surface area contributed by atoms with E-state index in [2.05, 4.69) is 41.5 Å². The summed E-state index contributed by atoms with van der Waals surface area (Å²) in [7, 11) is -4.55. The van der Waals surface area contributed by atoms with Crippen LogP contribution in [0.2, 0.25) is 0 Å². The second kappa shape index (κ2) is 7.58. The summed E-state index contributed by atoms with van der Waals surface area (Å²) in [6.45, 7) is 0. The fraction of sp³-hybridized carbons (Fsp3) is 0.0625. The Hall–Kier alpha value is -1.76. The summed E-state index contributed by atoms with van der Waals surface area (Å²) in [6, 6.07) is 5.38. The molecule has 5 nitrogen and oxygen atoms in total. The maximum absolute atomic E-state index is 14.6. The topological polar surface area (TPSA) is 86.2 Å². The minimum Gasteiger partial charge on any atom is -0.354 e. The molecular formula is C16H8Br2F4N2O3S. The van der Waals surface area contributed by atoms with Gasteiger partial charge in [-0.25, -0.2) is 31.1 Å². The Morgan fingerprint density at radius 2 is 1.71 bits per heavy atom. The van der Waals surface area contributed by atoms with Crippen molar-refractivity contribution >= 4 is 41.9 Å². The van der Waals surface area contributed by atoms with Crippen molar-refractivity contribution in [2.24, 2.45) is 5.14 Å². The summed E-state index contributed by atoms with van der Waals surface area (Å²) in [5, 5.41) is 8.40. The molecule has 0 spiro atoms. The van der Waals surface area contributed by atoms with Crippen molar-refractivity contribution < 1.29 is 30.5 Å². The maximum atomic E-state index is 14.6. The van der Waals surface area contributed by atoms with Crippen LogP contribution >= 0.6 is 31.9 Å². The molecule has 0 unspecified atom stereocenters. The second-order valence-electron chi connectivity index (χ2n) is 5.51. The van der Waals surface area contributed by atoms with Gasteiger partial charge in [-0.05, 0) is 56.1 Å². The largest absolute Gasteiger partial charge is 0.354 e. The molecule has 0 saturated carbocycles. The maximum Gasteiger partial charge on any atom is 0.298 e. The fourth-order valence-electron chi connectivity index (χ4n) is 2.49. The number of sulfonamides is 1. The van der Waals surface area contributed by atoms with Crippen molar-refractivity contribution in [2.45, 2.75) is 11.3 Å². The van der Waals surface area contributed by atoms with Crippen molar-refractivity contribution in [2.75, 3.05) is 0 Å². The number of alkyl halides is 2. The first-order chi connectivity index (χ1) is 13.0. The lowest BCUT2D eigenvalue weighted by atomic mass is 9.98. The molecule has 2 N–H and O–H groups in total. The van der Waals surface area contributed by atoms with Crippen LogP contribution in [0.15, 0.2) is 48.7 Å². The van der Waals surface area contributed by atoms with Gasteiger partial charge in [-0.2, -0.15) is 0 Å². The normalized spacial score (nSPS) is 12.0. The lowest BCUT2D eigenvalue weighted by molar-refractivity contribution is 0.113. The standard InChI is InChI=1S/C16H8Br2F4N2O3S/c17-8-2-1-6(3-9(8)18)14-13(15(16(21)22)27-24-14)7-4-11(20)12(5-10(7)19)28(23,25)26/h1-5,16H,(H2,23,25,26). The smallest absolute Gasteiger partial charge is 0.298 e. The van der Waals surface area contributed by atoms with E-state index in [4.69, 9.17) is 5.14 Å². The van der Waals surface area contributed by atoms with Crippen LogP contribution in [0.25, 0.3) is 22.4 Å². The zero-order valence-corrected chi connectivity index (χ0v) is 17.4. The van der Waals surface area contributed by atoms with Crippen LogP contribution in [0.4, 0.5) is 17.6 Å². The highest BCUT2D eigenvalue weighted by Crippen LogP contribution is 2.42. The summed E-state index contributed by atoms with van der Waals surface area (Å²) >= 11 is 6.50. The predicted molar refractivity (Wildman–Crippen MR) is 99.0 cm³/mol. The Balaban J connectivity index is 2.31. The van der Waals surface area contributed by atoms with Crippen LogP contribution in [0.5, 0.6) is 0 Å².